The number of hydrogen-bond acceptors (Lipinski definition) is 5. The monoisotopic (exact) mass is 421 g/mol. The number of nitrogens with zero attached hydrogens (tertiary/aromatic N) is 1. The van der Waals surface area contributed by atoms with Crippen LogP contribution < -0.4 is 15.6 Å². The molecule has 30 heavy (non-hydrogen) atoms. The molecule has 1 heterocycles. The summed E-state index contributed by atoms with van der Waals surface area (Å²) in [6, 6.07) is 16.7. The average Bonchev–Trinajstić information content (AvgIpc) is 2.76. The molecule has 2 N–H and O–H groups in total. The van der Waals surface area contributed by atoms with E-state index in [0.717, 1.165) is 42.7 Å². The molecule has 4 rings (SSSR count). The number of fused-ring (bicyclic) bond motifs is 1. The Balaban J connectivity index is 1.36. The summed E-state index contributed by atoms with van der Waals surface area (Å²) < 4.78 is 5.76. The summed E-state index contributed by atoms with van der Waals surface area (Å²) in [6.07, 6.45) is 3.68. The van der Waals surface area contributed by atoms with Gasteiger partial charge in [-0.3, -0.25) is 9.59 Å². The van der Waals surface area contributed by atoms with Crippen LogP contribution in [0.15, 0.2) is 64.5 Å². The second-order valence-corrected chi connectivity index (χ2v) is 8.52. The lowest BCUT2D eigenvalue weighted by Crippen LogP contribution is -2.25. The first kappa shape index (κ1) is 20.2. The van der Waals surface area contributed by atoms with Gasteiger partial charge < -0.3 is 15.0 Å². The van der Waals surface area contributed by atoms with Crippen molar-refractivity contribution in [3.8, 4) is 11.5 Å². The van der Waals surface area contributed by atoms with Crippen LogP contribution in [0.25, 0.3) is 0 Å². The van der Waals surface area contributed by atoms with Gasteiger partial charge in [-0.2, -0.15) is 0 Å². The molecule has 1 amide bonds. The minimum Gasteiger partial charge on any atom is -0.457 e. The molecule has 6 nitrogen and oxygen atoms in total. The largest absolute Gasteiger partial charge is 0.457 e. The molecule has 0 unspecified atom stereocenters. The van der Waals surface area contributed by atoms with E-state index in [4.69, 9.17) is 4.74 Å². The first-order chi connectivity index (χ1) is 14.6. The van der Waals surface area contributed by atoms with Gasteiger partial charge in [0.25, 0.3) is 5.56 Å². The molecule has 1 aromatic heterocycles. The number of thioether (sulfide) groups is 1. The van der Waals surface area contributed by atoms with E-state index in [2.05, 4.69) is 15.3 Å². The molecule has 1 atom stereocenters. The van der Waals surface area contributed by atoms with Gasteiger partial charge in [-0.1, -0.05) is 30.0 Å². The van der Waals surface area contributed by atoms with Gasteiger partial charge in [-0.25, -0.2) is 4.98 Å². The number of hydrogen-bond donors (Lipinski definition) is 2. The van der Waals surface area contributed by atoms with Crippen molar-refractivity contribution in [2.75, 3.05) is 5.32 Å². The van der Waals surface area contributed by atoms with Gasteiger partial charge in [0.05, 0.1) is 10.9 Å². The van der Waals surface area contributed by atoms with E-state index in [1.165, 1.54) is 11.8 Å². The van der Waals surface area contributed by atoms with Crippen LogP contribution in [0, 0.1) is 0 Å². The molecule has 0 aliphatic heterocycles. The van der Waals surface area contributed by atoms with Gasteiger partial charge in [0.2, 0.25) is 5.91 Å². The van der Waals surface area contributed by atoms with Gasteiger partial charge in [0, 0.05) is 11.3 Å². The zero-order valence-corrected chi connectivity index (χ0v) is 17.5. The Labute approximate surface area is 179 Å². The molecule has 0 spiro atoms. The van der Waals surface area contributed by atoms with Crippen LogP contribution in [-0.2, 0) is 17.6 Å². The van der Waals surface area contributed by atoms with E-state index >= 15 is 0 Å². The number of amides is 1. The number of rotatable bonds is 6. The summed E-state index contributed by atoms with van der Waals surface area (Å²) in [4.78, 5) is 32.2. The van der Waals surface area contributed by atoms with Crippen LogP contribution >= 0.6 is 11.8 Å². The minimum absolute atomic E-state index is 0.0798. The van der Waals surface area contributed by atoms with Crippen molar-refractivity contribution in [1.82, 2.24) is 9.97 Å². The average molecular weight is 422 g/mol. The van der Waals surface area contributed by atoms with Crippen molar-refractivity contribution in [1.29, 1.82) is 0 Å². The van der Waals surface area contributed by atoms with E-state index in [1.54, 1.807) is 19.1 Å². The third kappa shape index (κ3) is 4.91. The number of aromatic nitrogens is 2. The molecular formula is C23H23N3O3S. The highest BCUT2D eigenvalue weighted by Crippen LogP contribution is 2.25. The molecule has 3 aromatic rings. The third-order valence-corrected chi connectivity index (χ3v) is 5.91. The van der Waals surface area contributed by atoms with Crippen molar-refractivity contribution in [2.45, 2.75) is 43.0 Å². The Morgan fingerprint density at radius 1 is 1.07 bits per heavy atom. The molecular weight excluding hydrogens is 398 g/mol. The molecule has 2 aromatic carbocycles. The van der Waals surface area contributed by atoms with E-state index in [1.807, 2.05) is 42.5 Å². The number of para-hydroxylation sites is 1. The Morgan fingerprint density at radius 3 is 2.53 bits per heavy atom. The van der Waals surface area contributed by atoms with Crippen LogP contribution in [0.4, 0.5) is 5.69 Å². The van der Waals surface area contributed by atoms with Gasteiger partial charge in [-0.15, -0.1) is 0 Å². The predicted octanol–water partition coefficient (Wildman–Crippen LogP) is 4.56. The second-order valence-electron chi connectivity index (χ2n) is 7.19. The maximum absolute atomic E-state index is 12.6. The van der Waals surface area contributed by atoms with Crippen LogP contribution in [-0.4, -0.2) is 21.1 Å². The quantitative estimate of drug-likeness (QED) is 0.450. The van der Waals surface area contributed by atoms with Crippen molar-refractivity contribution in [2.24, 2.45) is 0 Å². The number of anilines is 1. The summed E-state index contributed by atoms with van der Waals surface area (Å²) in [5, 5.41) is 2.98. The van der Waals surface area contributed by atoms with Crippen LogP contribution in [0.3, 0.4) is 0 Å². The highest BCUT2D eigenvalue weighted by Gasteiger charge is 2.20. The Morgan fingerprint density at radius 2 is 1.77 bits per heavy atom. The molecule has 0 saturated heterocycles. The first-order valence-electron chi connectivity index (χ1n) is 10.0. The molecule has 0 fully saturated rings. The van der Waals surface area contributed by atoms with E-state index < -0.39 is 5.25 Å². The van der Waals surface area contributed by atoms with Crippen LogP contribution in [0.2, 0.25) is 0 Å². The SMILES string of the molecule is C[C@H](Sc1nc2c(c(=O)[nH]1)CCCC2)C(=O)Nc1ccc(Oc2ccccc2)cc1. The number of nitrogens with one attached hydrogen (secondary N) is 2. The highest BCUT2D eigenvalue weighted by molar-refractivity contribution is 8.00. The molecule has 0 radical (unpaired) electrons. The van der Waals surface area contributed by atoms with E-state index in [-0.39, 0.29) is 11.5 Å². The van der Waals surface area contributed by atoms with Gasteiger partial charge in [0.1, 0.15) is 11.5 Å². The summed E-state index contributed by atoms with van der Waals surface area (Å²) in [6.45, 7) is 1.80. The number of carbonyl (C=O) groups is 1. The first-order valence-corrected chi connectivity index (χ1v) is 10.9. The number of H-pyrrole nitrogens is 1. The molecule has 7 heteroatoms. The van der Waals surface area contributed by atoms with Crippen molar-refractivity contribution in [3.63, 3.8) is 0 Å². The summed E-state index contributed by atoms with van der Waals surface area (Å²) in [7, 11) is 0. The number of aromatic amines is 1. The lowest BCUT2D eigenvalue weighted by Gasteiger charge is -2.16. The fourth-order valence-corrected chi connectivity index (χ4v) is 4.15. The predicted molar refractivity (Wildman–Crippen MR) is 118 cm³/mol. The lowest BCUT2D eigenvalue weighted by molar-refractivity contribution is -0.115. The zero-order valence-electron chi connectivity index (χ0n) is 16.7. The Bertz CT molecular complexity index is 1080. The van der Waals surface area contributed by atoms with Crippen molar-refractivity contribution < 1.29 is 9.53 Å². The maximum Gasteiger partial charge on any atom is 0.254 e. The molecule has 0 saturated carbocycles. The molecule has 154 valence electrons. The topological polar surface area (TPSA) is 84.1 Å². The lowest BCUT2D eigenvalue weighted by atomic mass is 9.97. The van der Waals surface area contributed by atoms with E-state index in [9.17, 15) is 9.59 Å². The molecule has 1 aliphatic carbocycles. The van der Waals surface area contributed by atoms with Gasteiger partial charge in [-0.05, 0) is 69.0 Å². The summed E-state index contributed by atoms with van der Waals surface area (Å²) >= 11 is 1.26. The maximum atomic E-state index is 12.6. The summed E-state index contributed by atoms with van der Waals surface area (Å²) in [5.74, 6) is 1.29. The fourth-order valence-electron chi connectivity index (χ4n) is 3.33. The van der Waals surface area contributed by atoms with Gasteiger partial charge in [0.15, 0.2) is 5.16 Å². The fraction of sp³-hybridized carbons (Fsp3) is 0.261. The van der Waals surface area contributed by atoms with Gasteiger partial charge >= 0.3 is 0 Å². The highest BCUT2D eigenvalue weighted by atomic mass is 32.2. The Hall–Kier alpha value is -3.06. The molecule has 0 bridgehead atoms. The number of benzene rings is 2. The van der Waals surface area contributed by atoms with Crippen LogP contribution in [0.1, 0.15) is 31.0 Å². The Kier molecular flexibility index (Phi) is 6.18. The zero-order chi connectivity index (χ0) is 20.9. The minimum atomic E-state index is -0.407. The van der Waals surface area contributed by atoms with Crippen molar-refractivity contribution in [3.05, 3.63) is 76.2 Å². The van der Waals surface area contributed by atoms with Crippen molar-refractivity contribution >= 4 is 23.4 Å². The summed E-state index contributed by atoms with van der Waals surface area (Å²) in [5.41, 5.74) is 2.26. The second kappa shape index (κ2) is 9.17. The van der Waals surface area contributed by atoms with Crippen LogP contribution in [0.5, 0.6) is 11.5 Å². The van der Waals surface area contributed by atoms with E-state index in [0.29, 0.717) is 16.6 Å². The number of carbonyl (C=O) groups excluding carboxylic acids is 1. The number of aryl methyl sites for hydroxylation is 1. The standard InChI is InChI=1S/C23H23N3O3S/c1-15(30-23-25-20-10-6-5-9-19(20)22(28)26-23)21(27)24-16-11-13-18(14-12-16)29-17-7-3-2-4-8-17/h2-4,7-8,11-15H,5-6,9-10H2,1H3,(H,24,27)(H,25,26,28)/t15-/m0/s1. The third-order valence-electron chi connectivity index (χ3n) is 4.93. The number of ether oxygens (including phenoxy) is 1. The molecule has 1 aliphatic rings. The smallest absolute Gasteiger partial charge is 0.254 e. The normalized spacial score (nSPS) is 13.9.